The van der Waals surface area contributed by atoms with Gasteiger partial charge in [0.1, 0.15) is 5.75 Å². The van der Waals surface area contributed by atoms with E-state index in [1.54, 1.807) is 7.11 Å². The van der Waals surface area contributed by atoms with E-state index in [0.717, 1.165) is 18.6 Å². The van der Waals surface area contributed by atoms with Gasteiger partial charge in [0.15, 0.2) is 0 Å². The van der Waals surface area contributed by atoms with Crippen LogP contribution in [-0.2, 0) is 6.42 Å². The molecule has 0 fully saturated rings. The van der Waals surface area contributed by atoms with Crippen molar-refractivity contribution in [1.29, 1.82) is 0 Å². The Morgan fingerprint density at radius 3 is 2.67 bits per heavy atom. The summed E-state index contributed by atoms with van der Waals surface area (Å²) in [6.45, 7) is 5.15. The summed E-state index contributed by atoms with van der Waals surface area (Å²) >= 11 is 0. The number of hydrogen-bond donors (Lipinski definition) is 1. The summed E-state index contributed by atoms with van der Waals surface area (Å²) in [4.78, 5) is 0. The first-order valence-electron chi connectivity index (χ1n) is 5.59. The topological polar surface area (TPSA) is 35.2 Å². The first-order chi connectivity index (χ1) is 7.22. The minimum absolute atomic E-state index is 0.595. The van der Waals surface area contributed by atoms with Crippen LogP contribution in [0.2, 0.25) is 0 Å². The van der Waals surface area contributed by atoms with Crippen LogP contribution in [0.25, 0.3) is 0 Å². The van der Waals surface area contributed by atoms with Crippen LogP contribution in [0.15, 0.2) is 18.2 Å². The molecular weight excluding hydrogens is 186 g/mol. The van der Waals surface area contributed by atoms with Crippen molar-refractivity contribution >= 4 is 0 Å². The van der Waals surface area contributed by atoms with Gasteiger partial charge < -0.3 is 10.5 Å². The Kier molecular flexibility index (Phi) is 4.63. The van der Waals surface area contributed by atoms with E-state index in [0.29, 0.717) is 12.5 Å². The normalized spacial score (nSPS) is 12.5. The van der Waals surface area contributed by atoms with E-state index < -0.39 is 0 Å². The van der Waals surface area contributed by atoms with Crippen LogP contribution in [0.5, 0.6) is 5.75 Å². The molecule has 0 spiro atoms. The molecule has 1 aromatic carbocycles. The Morgan fingerprint density at radius 1 is 1.40 bits per heavy atom. The van der Waals surface area contributed by atoms with E-state index in [2.05, 4.69) is 26.0 Å². The summed E-state index contributed by atoms with van der Waals surface area (Å²) in [5, 5.41) is 0. The third-order valence-electron chi connectivity index (χ3n) is 2.91. The van der Waals surface area contributed by atoms with Gasteiger partial charge in [-0.05, 0) is 48.6 Å². The van der Waals surface area contributed by atoms with Crippen molar-refractivity contribution in [1.82, 2.24) is 0 Å². The quantitative estimate of drug-likeness (QED) is 0.805. The van der Waals surface area contributed by atoms with E-state index in [-0.39, 0.29) is 0 Å². The zero-order valence-electron chi connectivity index (χ0n) is 9.92. The van der Waals surface area contributed by atoms with Crippen LogP contribution in [0, 0.1) is 0 Å². The predicted molar refractivity (Wildman–Crippen MR) is 64.5 cm³/mol. The Labute approximate surface area is 92.4 Å². The van der Waals surface area contributed by atoms with Gasteiger partial charge in [-0.25, -0.2) is 0 Å². The zero-order chi connectivity index (χ0) is 11.3. The highest BCUT2D eigenvalue weighted by atomic mass is 16.5. The molecule has 0 bridgehead atoms. The highest BCUT2D eigenvalue weighted by Gasteiger charge is 2.09. The lowest BCUT2D eigenvalue weighted by atomic mass is 9.92. The Balaban J connectivity index is 3.03. The maximum Gasteiger partial charge on any atom is 0.119 e. The van der Waals surface area contributed by atoms with E-state index in [1.807, 2.05) is 6.07 Å². The molecule has 0 aliphatic heterocycles. The van der Waals surface area contributed by atoms with Gasteiger partial charge >= 0.3 is 0 Å². The largest absolute Gasteiger partial charge is 0.497 e. The summed E-state index contributed by atoms with van der Waals surface area (Å²) in [6.07, 6.45) is 2.08. The lowest BCUT2D eigenvalue weighted by Gasteiger charge is -2.15. The van der Waals surface area contributed by atoms with E-state index in [4.69, 9.17) is 10.5 Å². The molecule has 2 N–H and O–H groups in total. The molecule has 0 aliphatic rings. The van der Waals surface area contributed by atoms with Gasteiger partial charge in [-0.2, -0.15) is 0 Å². The molecule has 0 aromatic heterocycles. The minimum Gasteiger partial charge on any atom is -0.497 e. The van der Waals surface area contributed by atoms with Crippen molar-refractivity contribution in [3.63, 3.8) is 0 Å². The van der Waals surface area contributed by atoms with Gasteiger partial charge in [-0.3, -0.25) is 0 Å². The molecule has 0 saturated heterocycles. The van der Waals surface area contributed by atoms with Gasteiger partial charge in [0, 0.05) is 0 Å². The fraction of sp³-hybridized carbons (Fsp3) is 0.538. The molecule has 84 valence electrons. The van der Waals surface area contributed by atoms with Crippen molar-refractivity contribution in [2.24, 2.45) is 5.73 Å². The number of methoxy groups -OCH3 is 1. The molecule has 1 unspecified atom stereocenters. The van der Waals surface area contributed by atoms with Crippen LogP contribution in [-0.4, -0.2) is 13.7 Å². The Bertz CT molecular complexity index is 309. The predicted octanol–water partition coefficient (Wildman–Crippen LogP) is 2.71. The number of ether oxygens (including phenoxy) is 1. The Hall–Kier alpha value is -1.02. The average Bonchev–Trinajstić information content (AvgIpc) is 2.28. The van der Waals surface area contributed by atoms with Gasteiger partial charge in [0.2, 0.25) is 0 Å². The van der Waals surface area contributed by atoms with Crippen molar-refractivity contribution in [2.45, 2.75) is 32.6 Å². The molecule has 15 heavy (non-hydrogen) atoms. The lowest BCUT2D eigenvalue weighted by molar-refractivity contribution is 0.414. The molecule has 0 amide bonds. The lowest BCUT2D eigenvalue weighted by Crippen LogP contribution is -2.07. The number of nitrogens with two attached hydrogens (primary N) is 1. The SMILES string of the molecule is CCC(C)c1ccc(OC)cc1CCN. The molecule has 0 heterocycles. The maximum absolute atomic E-state index is 5.62. The summed E-state index contributed by atoms with van der Waals surface area (Å²) < 4.78 is 5.23. The first-order valence-corrected chi connectivity index (χ1v) is 5.59. The second-order valence-electron chi connectivity index (χ2n) is 3.91. The summed E-state index contributed by atoms with van der Waals surface area (Å²) in [5.74, 6) is 1.52. The van der Waals surface area contributed by atoms with E-state index in [1.165, 1.54) is 11.1 Å². The summed E-state index contributed by atoms with van der Waals surface area (Å²) in [6, 6.07) is 6.30. The third kappa shape index (κ3) is 2.96. The fourth-order valence-electron chi connectivity index (χ4n) is 1.78. The number of benzene rings is 1. The molecule has 0 radical (unpaired) electrons. The second-order valence-corrected chi connectivity index (χ2v) is 3.91. The van der Waals surface area contributed by atoms with E-state index >= 15 is 0 Å². The second kappa shape index (κ2) is 5.76. The van der Waals surface area contributed by atoms with E-state index in [9.17, 15) is 0 Å². The summed E-state index contributed by atoms with van der Waals surface area (Å²) in [5.41, 5.74) is 8.35. The molecule has 0 aliphatic carbocycles. The molecule has 1 aromatic rings. The van der Waals surface area contributed by atoms with Gasteiger partial charge in [0.25, 0.3) is 0 Å². The molecule has 2 nitrogen and oxygen atoms in total. The van der Waals surface area contributed by atoms with Crippen LogP contribution in [0.4, 0.5) is 0 Å². The molecule has 2 heteroatoms. The first kappa shape index (κ1) is 12.1. The van der Waals surface area contributed by atoms with Crippen molar-refractivity contribution in [2.75, 3.05) is 13.7 Å². The smallest absolute Gasteiger partial charge is 0.119 e. The third-order valence-corrected chi connectivity index (χ3v) is 2.91. The van der Waals surface area contributed by atoms with Crippen LogP contribution >= 0.6 is 0 Å². The van der Waals surface area contributed by atoms with Gasteiger partial charge in [-0.15, -0.1) is 0 Å². The zero-order valence-corrected chi connectivity index (χ0v) is 9.92. The van der Waals surface area contributed by atoms with Crippen molar-refractivity contribution in [3.05, 3.63) is 29.3 Å². The Morgan fingerprint density at radius 2 is 2.13 bits per heavy atom. The van der Waals surface area contributed by atoms with Crippen LogP contribution in [0.1, 0.15) is 37.3 Å². The summed E-state index contributed by atoms with van der Waals surface area (Å²) in [7, 11) is 1.70. The standard InChI is InChI=1S/C13H21NO/c1-4-10(2)13-6-5-12(15-3)9-11(13)7-8-14/h5-6,9-10H,4,7-8,14H2,1-3H3. The monoisotopic (exact) mass is 207 g/mol. The molecule has 1 atom stereocenters. The maximum atomic E-state index is 5.62. The molecule has 0 saturated carbocycles. The van der Waals surface area contributed by atoms with Crippen LogP contribution < -0.4 is 10.5 Å². The average molecular weight is 207 g/mol. The number of rotatable bonds is 5. The fourth-order valence-corrected chi connectivity index (χ4v) is 1.78. The highest BCUT2D eigenvalue weighted by molar-refractivity contribution is 5.37. The highest BCUT2D eigenvalue weighted by Crippen LogP contribution is 2.26. The van der Waals surface area contributed by atoms with Gasteiger partial charge in [-0.1, -0.05) is 19.9 Å². The molecule has 1 rings (SSSR count). The van der Waals surface area contributed by atoms with Crippen molar-refractivity contribution < 1.29 is 4.74 Å². The number of hydrogen-bond acceptors (Lipinski definition) is 2. The van der Waals surface area contributed by atoms with Gasteiger partial charge in [0.05, 0.1) is 7.11 Å². The van der Waals surface area contributed by atoms with Crippen molar-refractivity contribution in [3.8, 4) is 5.75 Å². The molecular formula is C13H21NO. The minimum atomic E-state index is 0.595. The van der Waals surface area contributed by atoms with Crippen LogP contribution in [0.3, 0.4) is 0 Å².